The number of carbonyl (C=O) groups excluding carboxylic acids is 1. The first-order valence-corrected chi connectivity index (χ1v) is 15.4. The third kappa shape index (κ3) is 11.4. The average molecular weight is 596 g/mol. The molecule has 3 radical (unpaired) electrons. The summed E-state index contributed by atoms with van der Waals surface area (Å²) in [4.78, 5) is 16.5. The van der Waals surface area contributed by atoms with Gasteiger partial charge in [0.25, 0.3) is 0 Å². The number of rotatable bonds is 12. The first kappa shape index (κ1) is 36.0. The number of hydrogen-bond acceptors (Lipinski definition) is 4. The summed E-state index contributed by atoms with van der Waals surface area (Å²) in [6.07, 6.45) is 3.85. The summed E-state index contributed by atoms with van der Waals surface area (Å²) in [6.45, 7) is 5.55. The minimum Gasteiger partial charge on any atom is -1.00 e. The molecule has 0 heterocycles. The molecular weight excluding hydrogens is 550 g/mol. The van der Waals surface area contributed by atoms with Gasteiger partial charge in [-0.2, -0.15) is 0 Å². The van der Waals surface area contributed by atoms with Crippen LogP contribution >= 0.6 is 0 Å². The minimum atomic E-state index is -0.0981. The summed E-state index contributed by atoms with van der Waals surface area (Å²) in [6, 6.07) is 42.2. The van der Waals surface area contributed by atoms with Crippen LogP contribution in [0.1, 0.15) is 49.4 Å². The minimum absolute atomic E-state index is 0. The van der Waals surface area contributed by atoms with Crippen molar-refractivity contribution in [2.45, 2.75) is 58.0 Å². The molecule has 0 amide bonds. The van der Waals surface area contributed by atoms with Crippen LogP contribution in [0.15, 0.2) is 121 Å². The van der Waals surface area contributed by atoms with Gasteiger partial charge in [-0.15, -0.1) is 0 Å². The van der Waals surface area contributed by atoms with Gasteiger partial charge in [-0.3, -0.25) is 14.6 Å². The summed E-state index contributed by atoms with van der Waals surface area (Å²) in [5, 5.41) is 9.86. The van der Waals surface area contributed by atoms with E-state index in [9.17, 15) is 9.90 Å². The molecule has 223 valence electrons. The topological polar surface area (TPSA) is 43.8 Å². The molecular formula is C38H45BN2NaO2. The standard InChI is InChI=1S/C19H23NO.C19H21NO.B.Na.H/c2*21-19-12-11-18(19)15-20(13-16-7-3-1-4-8-16)14-17-9-5-2-6-10-17;;;/h1-10,18-19,21H,11-15H2;1-10,18H,11-15H2;;;/q;;;+1;-1. The Bertz CT molecular complexity index is 1270. The zero-order valence-electron chi connectivity index (χ0n) is 27.2. The molecule has 0 aliphatic heterocycles. The predicted octanol–water partition coefficient (Wildman–Crippen LogP) is 3.86. The summed E-state index contributed by atoms with van der Waals surface area (Å²) in [7, 11) is 0. The number of aliphatic hydroxyl groups is 1. The van der Waals surface area contributed by atoms with Crippen LogP contribution in [0.5, 0.6) is 0 Å². The van der Waals surface area contributed by atoms with Crippen LogP contribution in [0, 0.1) is 11.8 Å². The normalized spacial score (nSPS) is 18.6. The summed E-state index contributed by atoms with van der Waals surface area (Å²) < 4.78 is 0. The van der Waals surface area contributed by atoms with Crippen molar-refractivity contribution in [1.82, 2.24) is 9.80 Å². The van der Waals surface area contributed by atoms with E-state index in [0.717, 1.165) is 65.0 Å². The second kappa shape index (κ2) is 19.1. The van der Waals surface area contributed by atoms with Crippen molar-refractivity contribution in [2.75, 3.05) is 13.1 Å². The van der Waals surface area contributed by atoms with E-state index < -0.39 is 0 Å². The van der Waals surface area contributed by atoms with Crippen LogP contribution in [0.2, 0.25) is 0 Å². The van der Waals surface area contributed by atoms with Gasteiger partial charge in [0, 0.05) is 60.0 Å². The summed E-state index contributed by atoms with van der Waals surface area (Å²) in [5.41, 5.74) is 5.28. The van der Waals surface area contributed by atoms with Gasteiger partial charge in [0.1, 0.15) is 5.78 Å². The molecule has 0 spiro atoms. The number of ketones is 1. The zero-order chi connectivity index (χ0) is 29.0. The van der Waals surface area contributed by atoms with Gasteiger partial charge in [0.2, 0.25) is 0 Å². The number of Topliss-reactive ketones (excluding diaryl/α,β-unsaturated/α-hetero) is 1. The monoisotopic (exact) mass is 595 g/mol. The van der Waals surface area contributed by atoms with Crippen LogP contribution in [0.4, 0.5) is 0 Å². The smallest absolute Gasteiger partial charge is 1.00 e. The van der Waals surface area contributed by atoms with Gasteiger partial charge < -0.3 is 6.53 Å². The SMILES string of the molecule is O=C1CCC1CN(Cc1ccccc1)Cc1ccccc1.OC1CCC1CN(Cc1ccccc1)Cc1ccccc1.[B].[H-].[Na+]. The third-order valence-electron chi connectivity index (χ3n) is 8.54. The van der Waals surface area contributed by atoms with Crippen LogP contribution < -0.4 is 29.6 Å². The zero-order valence-corrected chi connectivity index (χ0v) is 28.2. The fraction of sp³-hybridized carbons (Fsp3) is 0.342. The van der Waals surface area contributed by atoms with Gasteiger partial charge >= 0.3 is 29.6 Å². The maximum absolute atomic E-state index is 11.6. The van der Waals surface area contributed by atoms with Crippen molar-refractivity contribution in [1.29, 1.82) is 0 Å². The van der Waals surface area contributed by atoms with Gasteiger partial charge in [0.05, 0.1) is 6.10 Å². The largest absolute Gasteiger partial charge is 1.00 e. The number of aliphatic hydroxyl groups excluding tert-OH is 1. The van der Waals surface area contributed by atoms with Crippen molar-refractivity contribution in [3.05, 3.63) is 144 Å². The molecule has 2 fully saturated rings. The van der Waals surface area contributed by atoms with E-state index in [-0.39, 0.29) is 51.4 Å². The fourth-order valence-electron chi connectivity index (χ4n) is 5.80. The van der Waals surface area contributed by atoms with E-state index in [0.29, 0.717) is 11.7 Å². The molecule has 6 rings (SSSR count). The van der Waals surface area contributed by atoms with Crippen LogP contribution in [-0.2, 0) is 31.0 Å². The Morgan fingerprint density at radius 1 is 0.568 bits per heavy atom. The molecule has 3 unspecified atom stereocenters. The number of hydrogen-bond donors (Lipinski definition) is 1. The van der Waals surface area contributed by atoms with Gasteiger partial charge in [-0.1, -0.05) is 121 Å². The van der Waals surface area contributed by atoms with Crippen molar-refractivity contribution in [3.8, 4) is 0 Å². The van der Waals surface area contributed by atoms with Crippen molar-refractivity contribution >= 4 is 14.2 Å². The fourth-order valence-corrected chi connectivity index (χ4v) is 5.80. The maximum atomic E-state index is 11.6. The van der Waals surface area contributed by atoms with E-state index in [2.05, 4.69) is 119 Å². The van der Waals surface area contributed by atoms with Gasteiger partial charge in [0.15, 0.2) is 0 Å². The second-order valence-corrected chi connectivity index (χ2v) is 11.9. The molecule has 0 saturated heterocycles. The Hall–Kier alpha value is -2.51. The number of benzene rings is 4. The molecule has 0 bridgehead atoms. The van der Waals surface area contributed by atoms with E-state index in [1.807, 2.05) is 12.1 Å². The first-order chi connectivity index (χ1) is 20.6. The van der Waals surface area contributed by atoms with Crippen molar-refractivity contribution in [3.63, 3.8) is 0 Å². The molecule has 4 aromatic carbocycles. The molecule has 2 aliphatic carbocycles. The Labute approximate surface area is 289 Å². The Morgan fingerprint density at radius 2 is 0.932 bits per heavy atom. The van der Waals surface area contributed by atoms with E-state index in [1.54, 1.807) is 0 Å². The molecule has 4 aromatic rings. The molecule has 2 saturated carbocycles. The van der Waals surface area contributed by atoms with Crippen LogP contribution in [-0.4, -0.2) is 48.3 Å². The van der Waals surface area contributed by atoms with Crippen molar-refractivity contribution in [2.24, 2.45) is 11.8 Å². The molecule has 2 aliphatic rings. The molecule has 4 nitrogen and oxygen atoms in total. The molecule has 44 heavy (non-hydrogen) atoms. The van der Waals surface area contributed by atoms with E-state index >= 15 is 0 Å². The predicted molar refractivity (Wildman–Crippen MR) is 177 cm³/mol. The first-order valence-electron chi connectivity index (χ1n) is 15.4. The van der Waals surface area contributed by atoms with Gasteiger partial charge in [-0.05, 0) is 47.4 Å². The molecule has 1 N–H and O–H groups in total. The summed E-state index contributed by atoms with van der Waals surface area (Å²) in [5.74, 6) is 1.12. The average Bonchev–Trinajstić information content (AvgIpc) is 3.03. The number of nitrogens with zero attached hydrogens (tertiary/aromatic N) is 2. The Balaban J connectivity index is 0.000000294. The summed E-state index contributed by atoms with van der Waals surface area (Å²) >= 11 is 0. The van der Waals surface area contributed by atoms with E-state index in [4.69, 9.17) is 0 Å². The quantitative estimate of drug-likeness (QED) is 0.253. The second-order valence-electron chi connectivity index (χ2n) is 11.9. The number of carbonyl (C=O) groups is 1. The van der Waals surface area contributed by atoms with E-state index in [1.165, 1.54) is 22.3 Å². The maximum Gasteiger partial charge on any atom is 1.00 e. The van der Waals surface area contributed by atoms with Crippen molar-refractivity contribution < 1.29 is 40.9 Å². The molecule has 0 aromatic heterocycles. The Morgan fingerprint density at radius 3 is 1.18 bits per heavy atom. The molecule has 3 atom stereocenters. The van der Waals surface area contributed by atoms with Crippen LogP contribution in [0.3, 0.4) is 0 Å². The molecule has 6 heteroatoms. The Kier molecular flexibility index (Phi) is 15.6. The van der Waals surface area contributed by atoms with Gasteiger partial charge in [-0.25, -0.2) is 0 Å². The van der Waals surface area contributed by atoms with Crippen LogP contribution in [0.25, 0.3) is 0 Å². The third-order valence-corrected chi connectivity index (χ3v) is 8.54.